The lowest BCUT2D eigenvalue weighted by Crippen LogP contribution is -2.04. The van der Waals surface area contributed by atoms with Crippen LogP contribution in [0.1, 0.15) is 18.9 Å². The van der Waals surface area contributed by atoms with Gasteiger partial charge < -0.3 is 10.1 Å². The number of hydrogen-bond acceptors (Lipinski definition) is 3. The molecule has 16 heavy (non-hydrogen) atoms. The molecule has 3 nitrogen and oxygen atoms in total. The summed E-state index contributed by atoms with van der Waals surface area (Å²) in [7, 11) is 0. The van der Waals surface area contributed by atoms with Gasteiger partial charge in [0.1, 0.15) is 0 Å². The number of anilines is 1. The molecule has 0 radical (unpaired) electrons. The summed E-state index contributed by atoms with van der Waals surface area (Å²) >= 11 is 0. The van der Waals surface area contributed by atoms with Crippen molar-refractivity contribution in [3.05, 3.63) is 41.1 Å². The van der Waals surface area contributed by atoms with Crippen molar-refractivity contribution in [3.63, 3.8) is 0 Å². The highest BCUT2D eigenvalue weighted by Crippen LogP contribution is 2.20. The van der Waals surface area contributed by atoms with Crippen molar-refractivity contribution in [2.45, 2.75) is 20.3 Å². The predicted molar refractivity (Wildman–Crippen MR) is 63.1 cm³/mol. The average Bonchev–Trinajstić information content (AvgIpc) is 2.64. The number of ether oxygens (including phenoxy) is 1. The molecule has 84 valence electrons. The van der Waals surface area contributed by atoms with Crippen molar-refractivity contribution in [3.8, 4) is 0 Å². The zero-order valence-corrected chi connectivity index (χ0v) is 9.54. The maximum atomic E-state index is 11.4. The van der Waals surface area contributed by atoms with Crippen LogP contribution in [-0.4, -0.2) is 12.6 Å². The van der Waals surface area contributed by atoms with Crippen molar-refractivity contribution in [1.82, 2.24) is 0 Å². The Morgan fingerprint density at radius 2 is 2.25 bits per heavy atom. The number of rotatable bonds is 2. The van der Waals surface area contributed by atoms with Gasteiger partial charge in [0.15, 0.2) is 0 Å². The van der Waals surface area contributed by atoms with Gasteiger partial charge in [0, 0.05) is 17.8 Å². The normalized spacial score (nSPS) is 18.2. The summed E-state index contributed by atoms with van der Waals surface area (Å²) in [5, 5.41) is 3.23. The van der Waals surface area contributed by atoms with E-state index in [0.717, 1.165) is 17.0 Å². The van der Waals surface area contributed by atoms with E-state index in [0.29, 0.717) is 13.0 Å². The Hall–Kier alpha value is -1.77. The Balaban J connectivity index is 2.18. The average molecular weight is 217 g/mol. The first-order valence-electron chi connectivity index (χ1n) is 5.37. The van der Waals surface area contributed by atoms with Crippen LogP contribution < -0.4 is 5.32 Å². The molecule has 1 fully saturated rings. The molecule has 1 aliphatic heterocycles. The number of benzene rings is 1. The molecule has 1 heterocycles. The fourth-order valence-electron chi connectivity index (χ4n) is 1.79. The SMILES string of the molecule is CC(Nc1cccc(C)c1)=C1CCOC1=O. The zero-order chi connectivity index (χ0) is 11.5. The van der Waals surface area contributed by atoms with Crippen molar-refractivity contribution in [1.29, 1.82) is 0 Å². The quantitative estimate of drug-likeness (QED) is 0.611. The second-order valence-electron chi connectivity index (χ2n) is 3.98. The Bertz CT molecular complexity index is 449. The lowest BCUT2D eigenvalue weighted by atomic mass is 10.1. The highest BCUT2D eigenvalue weighted by molar-refractivity contribution is 5.91. The van der Waals surface area contributed by atoms with Gasteiger partial charge >= 0.3 is 5.97 Å². The molecule has 0 spiro atoms. The molecule has 0 saturated carbocycles. The van der Waals surface area contributed by atoms with Crippen molar-refractivity contribution < 1.29 is 9.53 Å². The highest BCUT2D eigenvalue weighted by Gasteiger charge is 2.21. The van der Waals surface area contributed by atoms with Crippen LogP contribution in [0.25, 0.3) is 0 Å². The summed E-state index contributed by atoms with van der Waals surface area (Å²) in [6.45, 7) is 4.45. The smallest absolute Gasteiger partial charge is 0.335 e. The van der Waals surface area contributed by atoms with Gasteiger partial charge in [0.2, 0.25) is 0 Å². The minimum Gasteiger partial charge on any atom is -0.462 e. The molecule has 1 aliphatic rings. The van der Waals surface area contributed by atoms with E-state index in [1.54, 1.807) is 0 Å². The summed E-state index contributed by atoms with van der Waals surface area (Å²) in [5.41, 5.74) is 3.83. The molecule has 1 aromatic rings. The lowest BCUT2D eigenvalue weighted by Gasteiger charge is -2.08. The number of hydrogen-bond donors (Lipinski definition) is 1. The minimum atomic E-state index is -0.197. The van der Waals surface area contributed by atoms with Gasteiger partial charge in [-0.15, -0.1) is 0 Å². The number of cyclic esters (lactones) is 1. The van der Waals surface area contributed by atoms with Crippen LogP contribution in [0.15, 0.2) is 35.5 Å². The zero-order valence-electron chi connectivity index (χ0n) is 9.54. The first kappa shape index (κ1) is 10.7. The molecular weight excluding hydrogens is 202 g/mol. The van der Waals surface area contributed by atoms with E-state index in [9.17, 15) is 4.79 Å². The maximum absolute atomic E-state index is 11.4. The molecule has 3 heteroatoms. The topological polar surface area (TPSA) is 38.3 Å². The van der Waals surface area contributed by atoms with Gasteiger partial charge in [-0.25, -0.2) is 4.79 Å². The Morgan fingerprint density at radius 3 is 2.88 bits per heavy atom. The van der Waals surface area contributed by atoms with Crippen LogP contribution in [-0.2, 0) is 9.53 Å². The third-order valence-corrected chi connectivity index (χ3v) is 2.63. The number of allylic oxidation sites excluding steroid dienone is 1. The fraction of sp³-hybridized carbons (Fsp3) is 0.308. The van der Waals surface area contributed by atoms with Gasteiger partial charge in [-0.3, -0.25) is 0 Å². The van der Waals surface area contributed by atoms with Crippen LogP contribution in [0, 0.1) is 6.92 Å². The molecule has 1 saturated heterocycles. The molecule has 0 amide bonds. The molecule has 1 N–H and O–H groups in total. The van der Waals surface area contributed by atoms with Gasteiger partial charge in [-0.05, 0) is 31.5 Å². The number of carbonyl (C=O) groups excluding carboxylic acids is 1. The Morgan fingerprint density at radius 1 is 1.44 bits per heavy atom. The standard InChI is InChI=1S/C13H15NO2/c1-9-4-3-5-11(8-9)14-10(2)12-6-7-16-13(12)15/h3-5,8,14H,6-7H2,1-2H3. The summed E-state index contributed by atoms with van der Waals surface area (Å²) in [4.78, 5) is 11.4. The van der Waals surface area contributed by atoms with Crippen LogP contribution in [0.2, 0.25) is 0 Å². The van der Waals surface area contributed by atoms with Crippen molar-refractivity contribution >= 4 is 11.7 Å². The van der Waals surface area contributed by atoms with Crippen LogP contribution in [0.4, 0.5) is 5.69 Å². The molecule has 0 aliphatic carbocycles. The maximum Gasteiger partial charge on any atom is 0.335 e. The Kier molecular flexibility index (Phi) is 2.95. The molecule has 1 aromatic carbocycles. The molecular formula is C13H15NO2. The van der Waals surface area contributed by atoms with Gasteiger partial charge in [0.25, 0.3) is 0 Å². The molecule has 0 bridgehead atoms. The highest BCUT2D eigenvalue weighted by atomic mass is 16.5. The van der Waals surface area contributed by atoms with Crippen LogP contribution in [0.5, 0.6) is 0 Å². The monoisotopic (exact) mass is 217 g/mol. The van der Waals surface area contributed by atoms with Gasteiger partial charge in [-0.2, -0.15) is 0 Å². The fourth-order valence-corrected chi connectivity index (χ4v) is 1.79. The minimum absolute atomic E-state index is 0.197. The number of aryl methyl sites for hydroxylation is 1. The van der Waals surface area contributed by atoms with E-state index in [-0.39, 0.29) is 5.97 Å². The summed E-state index contributed by atoms with van der Waals surface area (Å²) in [6.07, 6.45) is 0.698. The molecule has 0 atom stereocenters. The van der Waals surface area contributed by atoms with Gasteiger partial charge in [0.05, 0.1) is 12.2 Å². The second kappa shape index (κ2) is 4.39. The van der Waals surface area contributed by atoms with Crippen LogP contribution >= 0.6 is 0 Å². The van der Waals surface area contributed by atoms with Crippen molar-refractivity contribution in [2.24, 2.45) is 0 Å². The predicted octanol–water partition coefficient (Wildman–Crippen LogP) is 2.63. The molecule has 0 aromatic heterocycles. The summed E-state index contributed by atoms with van der Waals surface area (Å²) in [5.74, 6) is -0.197. The lowest BCUT2D eigenvalue weighted by molar-refractivity contribution is -0.135. The summed E-state index contributed by atoms with van der Waals surface area (Å²) in [6, 6.07) is 8.06. The Labute approximate surface area is 95.1 Å². The van der Waals surface area contributed by atoms with E-state index in [4.69, 9.17) is 4.74 Å². The third kappa shape index (κ3) is 2.24. The van der Waals surface area contributed by atoms with Crippen molar-refractivity contribution in [2.75, 3.05) is 11.9 Å². The molecule has 0 unspecified atom stereocenters. The first-order valence-corrected chi connectivity index (χ1v) is 5.37. The largest absolute Gasteiger partial charge is 0.462 e. The van der Waals surface area contributed by atoms with E-state index < -0.39 is 0 Å². The number of esters is 1. The van der Waals surface area contributed by atoms with E-state index in [1.807, 2.05) is 38.1 Å². The molecule has 2 rings (SSSR count). The van der Waals surface area contributed by atoms with Crippen LogP contribution in [0.3, 0.4) is 0 Å². The van der Waals surface area contributed by atoms with Gasteiger partial charge in [-0.1, -0.05) is 12.1 Å². The second-order valence-corrected chi connectivity index (χ2v) is 3.98. The van der Waals surface area contributed by atoms with E-state index in [1.165, 1.54) is 5.56 Å². The third-order valence-electron chi connectivity index (χ3n) is 2.63. The number of carbonyl (C=O) groups is 1. The van der Waals surface area contributed by atoms with E-state index in [2.05, 4.69) is 5.32 Å². The summed E-state index contributed by atoms with van der Waals surface area (Å²) < 4.78 is 4.91. The van der Waals surface area contributed by atoms with E-state index >= 15 is 0 Å². The first-order chi connectivity index (χ1) is 7.66. The number of nitrogens with one attached hydrogen (secondary N) is 1.